The summed E-state index contributed by atoms with van der Waals surface area (Å²) in [6.07, 6.45) is 3.26. The number of carbonyl (C=O) groups is 1. The number of ether oxygens (including phenoxy) is 1. The molecule has 0 bridgehead atoms. The van der Waals surface area contributed by atoms with Crippen molar-refractivity contribution in [2.75, 3.05) is 36.5 Å². The molecule has 142 valence electrons. The van der Waals surface area contributed by atoms with E-state index in [9.17, 15) is 4.79 Å². The summed E-state index contributed by atoms with van der Waals surface area (Å²) in [6.45, 7) is 5.31. The molecule has 2 aromatic carbocycles. The number of para-hydroxylation sites is 1. The summed E-state index contributed by atoms with van der Waals surface area (Å²) in [4.78, 5) is 19.2. The highest BCUT2D eigenvalue weighted by Gasteiger charge is 2.12. The number of hydrogen-bond donors (Lipinski definition) is 1. The van der Waals surface area contributed by atoms with Gasteiger partial charge in [0.25, 0.3) is 0 Å². The van der Waals surface area contributed by atoms with Crippen molar-refractivity contribution in [1.82, 2.24) is 4.98 Å². The second-order valence-corrected chi connectivity index (χ2v) is 6.85. The number of benzene rings is 2. The van der Waals surface area contributed by atoms with Crippen molar-refractivity contribution in [2.45, 2.75) is 6.92 Å². The van der Waals surface area contributed by atoms with Gasteiger partial charge in [0.2, 0.25) is 5.91 Å². The molecule has 1 fully saturated rings. The van der Waals surface area contributed by atoms with Crippen LogP contribution in [0.25, 0.3) is 17.0 Å². The van der Waals surface area contributed by atoms with Crippen LogP contribution in [0.2, 0.25) is 0 Å². The largest absolute Gasteiger partial charge is 0.378 e. The Balaban J connectivity index is 1.43. The summed E-state index contributed by atoms with van der Waals surface area (Å²) >= 11 is 0. The molecule has 0 atom stereocenters. The van der Waals surface area contributed by atoms with Gasteiger partial charge in [-0.3, -0.25) is 4.79 Å². The van der Waals surface area contributed by atoms with Gasteiger partial charge in [0, 0.05) is 35.9 Å². The van der Waals surface area contributed by atoms with Crippen LogP contribution in [0.3, 0.4) is 0 Å². The van der Waals surface area contributed by atoms with Crippen LogP contribution in [0.1, 0.15) is 11.3 Å². The molecule has 0 unspecified atom stereocenters. The quantitative estimate of drug-likeness (QED) is 0.702. The number of rotatable bonds is 4. The smallest absolute Gasteiger partial charge is 0.248 e. The third-order valence-electron chi connectivity index (χ3n) is 4.87. The molecule has 0 spiro atoms. The Bertz CT molecular complexity index is 1020. The first-order valence-corrected chi connectivity index (χ1v) is 9.47. The third kappa shape index (κ3) is 4.21. The molecule has 5 heteroatoms. The Labute approximate surface area is 164 Å². The standard InChI is InChI=1S/C23H23N3O2/c1-17-16-20(26-12-14-28-15-13-26)9-10-21(17)25-23(27)11-8-19-7-6-18-4-2-3-5-22(18)24-19/h2-11,16H,12-15H2,1H3,(H,25,27). The topological polar surface area (TPSA) is 54.5 Å². The molecule has 4 rings (SSSR count). The van der Waals surface area contributed by atoms with E-state index in [1.807, 2.05) is 55.5 Å². The normalized spacial score (nSPS) is 14.5. The summed E-state index contributed by atoms with van der Waals surface area (Å²) in [7, 11) is 0. The third-order valence-corrected chi connectivity index (χ3v) is 4.87. The Kier molecular flexibility index (Phi) is 5.35. The fourth-order valence-electron chi connectivity index (χ4n) is 3.32. The van der Waals surface area contributed by atoms with Crippen LogP contribution in [-0.4, -0.2) is 37.2 Å². The maximum Gasteiger partial charge on any atom is 0.248 e. The van der Waals surface area contributed by atoms with Crippen LogP contribution in [0.15, 0.2) is 60.7 Å². The highest BCUT2D eigenvalue weighted by molar-refractivity contribution is 6.02. The second-order valence-electron chi connectivity index (χ2n) is 6.85. The lowest BCUT2D eigenvalue weighted by Gasteiger charge is -2.29. The van der Waals surface area contributed by atoms with E-state index in [0.717, 1.165) is 59.8 Å². The monoisotopic (exact) mass is 373 g/mol. The number of carbonyl (C=O) groups excluding carboxylic acids is 1. The van der Waals surface area contributed by atoms with E-state index < -0.39 is 0 Å². The van der Waals surface area contributed by atoms with Gasteiger partial charge in [-0.1, -0.05) is 24.3 Å². The number of fused-ring (bicyclic) bond motifs is 1. The van der Waals surface area contributed by atoms with Gasteiger partial charge in [0.1, 0.15) is 0 Å². The molecule has 1 aliphatic rings. The van der Waals surface area contributed by atoms with Crippen LogP contribution in [0.4, 0.5) is 11.4 Å². The highest BCUT2D eigenvalue weighted by atomic mass is 16.5. The maximum atomic E-state index is 12.3. The molecule has 1 saturated heterocycles. The van der Waals surface area contributed by atoms with Crippen molar-refractivity contribution in [2.24, 2.45) is 0 Å². The van der Waals surface area contributed by atoms with E-state index >= 15 is 0 Å². The average molecular weight is 373 g/mol. The number of amides is 1. The molecule has 1 aromatic heterocycles. The van der Waals surface area contributed by atoms with Crippen molar-refractivity contribution >= 4 is 34.3 Å². The van der Waals surface area contributed by atoms with Gasteiger partial charge in [0.05, 0.1) is 24.4 Å². The van der Waals surface area contributed by atoms with Crippen molar-refractivity contribution < 1.29 is 9.53 Å². The molecule has 28 heavy (non-hydrogen) atoms. The number of nitrogens with one attached hydrogen (secondary N) is 1. The summed E-state index contributed by atoms with van der Waals surface area (Å²) in [5, 5.41) is 4.03. The second kappa shape index (κ2) is 8.23. The predicted octanol–water partition coefficient (Wildman–Crippen LogP) is 4.03. The predicted molar refractivity (Wildman–Crippen MR) is 114 cm³/mol. The van der Waals surface area contributed by atoms with Crippen LogP contribution in [0, 0.1) is 6.92 Å². The fraction of sp³-hybridized carbons (Fsp3) is 0.217. The van der Waals surface area contributed by atoms with Gasteiger partial charge in [-0.05, 0) is 48.9 Å². The first-order chi connectivity index (χ1) is 13.7. The summed E-state index contributed by atoms with van der Waals surface area (Å²) in [5.74, 6) is -0.169. The van der Waals surface area contributed by atoms with Gasteiger partial charge in [-0.2, -0.15) is 0 Å². The number of morpholine rings is 1. The number of anilines is 2. The van der Waals surface area contributed by atoms with Crippen molar-refractivity contribution in [3.63, 3.8) is 0 Å². The molecule has 5 nitrogen and oxygen atoms in total. The summed E-state index contributed by atoms with van der Waals surface area (Å²) in [6, 6.07) is 18.0. The van der Waals surface area contributed by atoms with Gasteiger partial charge in [-0.25, -0.2) is 4.98 Å². The molecule has 2 heterocycles. The molecular formula is C23H23N3O2. The van der Waals surface area contributed by atoms with Crippen LogP contribution in [-0.2, 0) is 9.53 Å². The molecule has 0 aliphatic carbocycles. The van der Waals surface area contributed by atoms with Crippen molar-refractivity contribution in [1.29, 1.82) is 0 Å². The van der Waals surface area contributed by atoms with E-state index in [1.165, 1.54) is 6.08 Å². The average Bonchev–Trinajstić information content (AvgIpc) is 2.74. The van der Waals surface area contributed by atoms with Crippen molar-refractivity contribution in [3.05, 3.63) is 71.9 Å². The highest BCUT2D eigenvalue weighted by Crippen LogP contribution is 2.23. The Morgan fingerprint density at radius 3 is 2.75 bits per heavy atom. The number of hydrogen-bond acceptors (Lipinski definition) is 4. The number of nitrogens with zero attached hydrogens (tertiary/aromatic N) is 2. The van der Waals surface area contributed by atoms with Crippen LogP contribution >= 0.6 is 0 Å². The zero-order valence-electron chi connectivity index (χ0n) is 15.9. The zero-order valence-corrected chi connectivity index (χ0v) is 15.9. The van der Waals surface area contributed by atoms with Gasteiger partial charge < -0.3 is 15.0 Å². The van der Waals surface area contributed by atoms with Gasteiger partial charge >= 0.3 is 0 Å². The minimum atomic E-state index is -0.169. The Morgan fingerprint density at radius 2 is 1.93 bits per heavy atom. The lowest BCUT2D eigenvalue weighted by atomic mass is 10.1. The molecule has 1 amide bonds. The Morgan fingerprint density at radius 1 is 1.11 bits per heavy atom. The van der Waals surface area contributed by atoms with Crippen LogP contribution in [0.5, 0.6) is 0 Å². The molecular weight excluding hydrogens is 350 g/mol. The lowest BCUT2D eigenvalue weighted by molar-refractivity contribution is -0.111. The minimum absolute atomic E-state index is 0.169. The van der Waals surface area contributed by atoms with E-state index in [4.69, 9.17) is 4.74 Å². The molecule has 3 aromatic rings. The van der Waals surface area contributed by atoms with E-state index in [0.29, 0.717) is 0 Å². The zero-order chi connectivity index (χ0) is 19.3. The van der Waals surface area contributed by atoms with Gasteiger partial charge in [0.15, 0.2) is 0 Å². The van der Waals surface area contributed by atoms with E-state index in [1.54, 1.807) is 6.08 Å². The lowest BCUT2D eigenvalue weighted by Crippen LogP contribution is -2.36. The van der Waals surface area contributed by atoms with Crippen LogP contribution < -0.4 is 10.2 Å². The number of pyridine rings is 1. The Hall–Kier alpha value is -3.18. The summed E-state index contributed by atoms with van der Waals surface area (Å²) < 4.78 is 5.40. The first-order valence-electron chi connectivity index (χ1n) is 9.47. The van der Waals surface area contributed by atoms with E-state index in [2.05, 4.69) is 21.3 Å². The number of aryl methyl sites for hydroxylation is 1. The minimum Gasteiger partial charge on any atom is -0.378 e. The van der Waals surface area contributed by atoms with Gasteiger partial charge in [-0.15, -0.1) is 0 Å². The van der Waals surface area contributed by atoms with Crippen molar-refractivity contribution in [3.8, 4) is 0 Å². The summed E-state index contributed by atoms with van der Waals surface area (Å²) in [5.41, 5.74) is 4.69. The SMILES string of the molecule is Cc1cc(N2CCOCC2)ccc1NC(=O)C=Cc1ccc2ccccc2n1. The first kappa shape index (κ1) is 18.2. The molecule has 1 N–H and O–H groups in total. The van der Waals surface area contributed by atoms with E-state index in [-0.39, 0.29) is 5.91 Å². The number of aromatic nitrogens is 1. The fourth-order valence-corrected chi connectivity index (χ4v) is 3.32. The molecule has 1 aliphatic heterocycles. The molecule has 0 radical (unpaired) electrons. The molecule has 0 saturated carbocycles. The maximum absolute atomic E-state index is 12.3.